The number of benzene rings is 1. The van der Waals surface area contributed by atoms with Crippen LogP contribution in [0.2, 0.25) is 0 Å². The van der Waals surface area contributed by atoms with Crippen molar-refractivity contribution in [1.29, 1.82) is 0 Å². The summed E-state index contributed by atoms with van der Waals surface area (Å²) in [6.45, 7) is 1.40. The maximum Gasteiger partial charge on any atom is 0.347 e. The van der Waals surface area contributed by atoms with Crippen LogP contribution in [0.15, 0.2) is 36.2 Å². The van der Waals surface area contributed by atoms with E-state index in [2.05, 4.69) is 4.98 Å². The molecule has 0 radical (unpaired) electrons. The summed E-state index contributed by atoms with van der Waals surface area (Å²) in [4.78, 5) is 23.8. The van der Waals surface area contributed by atoms with Crippen LogP contribution in [0.25, 0.3) is 6.08 Å². The van der Waals surface area contributed by atoms with Gasteiger partial charge in [0.2, 0.25) is 5.70 Å². The maximum atomic E-state index is 10.5. The number of aromatic nitrogens is 1. The van der Waals surface area contributed by atoms with E-state index in [1.54, 1.807) is 24.3 Å². The molecule has 0 saturated carbocycles. The zero-order chi connectivity index (χ0) is 15.4. The zero-order valence-electron chi connectivity index (χ0n) is 10.8. The SMILES string of the molecule is C/C(=C/c1ccc(Oc2ncc([N+](=O)[O-])s2)cc1)[N+](=O)[O-]. The minimum Gasteiger partial charge on any atom is -0.431 e. The van der Waals surface area contributed by atoms with Crippen molar-refractivity contribution in [3.8, 4) is 10.9 Å². The molecule has 9 heteroatoms. The topological polar surface area (TPSA) is 108 Å². The molecule has 0 aliphatic heterocycles. The Hall–Kier alpha value is -2.81. The lowest BCUT2D eigenvalue weighted by molar-refractivity contribution is -0.422. The summed E-state index contributed by atoms with van der Waals surface area (Å²) in [6.07, 6.45) is 2.55. The summed E-state index contributed by atoms with van der Waals surface area (Å²) in [6, 6.07) is 6.49. The number of thiazole rings is 1. The van der Waals surface area contributed by atoms with Gasteiger partial charge in [-0.1, -0.05) is 12.1 Å². The number of nitrogens with zero attached hydrogens (tertiary/aromatic N) is 3. The van der Waals surface area contributed by atoms with E-state index in [0.29, 0.717) is 11.3 Å². The molecule has 0 spiro atoms. The Bertz CT molecular complexity index is 708. The Morgan fingerprint density at radius 2 is 1.95 bits per heavy atom. The molecule has 21 heavy (non-hydrogen) atoms. The molecular formula is C12H9N3O5S. The molecule has 0 aliphatic carbocycles. The van der Waals surface area contributed by atoms with Gasteiger partial charge < -0.3 is 4.74 Å². The van der Waals surface area contributed by atoms with Crippen LogP contribution < -0.4 is 4.74 Å². The Labute approximate surface area is 122 Å². The standard InChI is InChI=1S/C12H9N3O5S/c1-8(14(16)17)6-9-2-4-10(5-3-9)20-12-13-7-11(21-12)15(18)19/h2-7H,1H3/b8-6-. The third-order valence-corrected chi connectivity index (χ3v) is 3.23. The van der Waals surface area contributed by atoms with Crippen molar-refractivity contribution in [2.75, 3.05) is 0 Å². The van der Waals surface area contributed by atoms with Gasteiger partial charge in [-0.25, -0.2) is 4.98 Å². The highest BCUT2D eigenvalue weighted by Gasteiger charge is 2.12. The molecule has 8 nitrogen and oxygen atoms in total. The Morgan fingerprint density at radius 1 is 1.29 bits per heavy atom. The quantitative estimate of drug-likeness (QED) is 0.618. The van der Waals surface area contributed by atoms with Crippen molar-refractivity contribution in [3.63, 3.8) is 0 Å². The van der Waals surface area contributed by atoms with Crippen LogP contribution in [0.3, 0.4) is 0 Å². The predicted octanol–water partition coefficient (Wildman–Crippen LogP) is 3.48. The average molecular weight is 307 g/mol. The first-order valence-electron chi connectivity index (χ1n) is 5.66. The molecule has 2 rings (SSSR count). The summed E-state index contributed by atoms with van der Waals surface area (Å²) in [5.41, 5.74) is 0.681. The van der Waals surface area contributed by atoms with E-state index in [9.17, 15) is 20.2 Å². The monoisotopic (exact) mass is 307 g/mol. The summed E-state index contributed by atoms with van der Waals surface area (Å²) < 4.78 is 5.36. The molecule has 0 fully saturated rings. The molecule has 1 heterocycles. The highest BCUT2D eigenvalue weighted by molar-refractivity contribution is 7.16. The van der Waals surface area contributed by atoms with Gasteiger partial charge in [-0.3, -0.25) is 20.2 Å². The molecule has 0 bridgehead atoms. The fourth-order valence-electron chi connectivity index (χ4n) is 1.41. The summed E-state index contributed by atoms with van der Waals surface area (Å²) >= 11 is 0.821. The summed E-state index contributed by atoms with van der Waals surface area (Å²) in [5, 5.41) is 21.1. The zero-order valence-corrected chi connectivity index (χ0v) is 11.6. The van der Waals surface area contributed by atoms with E-state index >= 15 is 0 Å². The third kappa shape index (κ3) is 3.83. The van der Waals surface area contributed by atoms with Gasteiger partial charge in [0.25, 0.3) is 5.19 Å². The highest BCUT2D eigenvalue weighted by atomic mass is 32.1. The van der Waals surface area contributed by atoms with Gasteiger partial charge in [0, 0.05) is 13.0 Å². The van der Waals surface area contributed by atoms with Gasteiger partial charge in [0.15, 0.2) is 0 Å². The number of ether oxygens (including phenoxy) is 1. The molecule has 0 unspecified atom stereocenters. The molecule has 1 aromatic heterocycles. The first kappa shape index (κ1) is 14.6. The number of allylic oxidation sites excluding steroid dienone is 1. The van der Waals surface area contributed by atoms with E-state index < -0.39 is 9.85 Å². The summed E-state index contributed by atoms with van der Waals surface area (Å²) in [7, 11) is 0. The average Bonchev–Trinajstić information content (AvgIpc) is 2.89. The largest absolute Gasteiger partial charge is 0.431 e. The van der Waals surface area contributed by atoms with E-state index in [0.717, 1.165) is 17.5 Å². The Kier molecular flexibility index (Phi) is 4.24. The molecule has 108 valence electrons. The normalized spacial score (nSPS) is 11.2. The number of hydrogen-bond acceptors (Lipinski definition) is 7. The van der Waals surface area contributed by atoms with E-state index in [4.69, 9.17) is 4.74 Å². The van der Waals surface area contributed by atoms with Crippen LogP contribution in [-0.2, 0) is 0 Å². The van der Waals surface area contributed by atoms with Crippen molar-refractivity contribution < 1.29 is 14.6 Å². The van der Waals surface area contributed by atoms with Crippen LogP contribution in [-0.4, -0.2) is 14.8 Å². The fourth-order valence-corrected chi connectivity index (χ4v) is 2.01. The maximum absolute atomic E-state index is 10.5. The molecule has 0 aliphatic rings. The first-order valence-corrected chi connectivity index (χ1v) is 6.48. The van der Waals surface area contributed by atoms with Crippen molar-refractivity contribution in [2.24, 2.45) is 0 Å². The molecule has 1 aromatic carbocycles. The molecule has 2 aromatic rings. The minimum absolute atomic E-state index is 0.0271. The van der Waals surface area contributed by atoms with Gasteiger partial charge in [0.05, 0.1) is 9.85 Å². The molecule has 0 N–H and O–H groups in total. The lowest BCUT2D eigenvalue weighted by Crippen LogP contribution is -1.92. The first-order chi connectivity index (χ1) is 9.95. The third-order valence-electron chi connectivity index (χ3n) is 2.40. The molecule has 0 atom stereocenters. The van der Waals surface area contributed by atoms with Gasteiger partial charge in [-0.05, 0) is 29.0 Å². The van der Waals surface area contributed by atoms with Crippen LogP contribution in [0.1, 0.15) is 12.5 Å². The molecule has 0 saturated heterocycles. The lowest BCUT2D eigenvalue weighted by atomic mass is 10.2. The van der Waals surface area contributed by atoms with Crippen molar-refractivity contribution in [1.82, 2.24) is 4.98 Å². The van der Waals surface area contributed by atoms with Crippen molar-refractivity contribution >= 4 is 22.4 Å². The minimum atomic E-state index is -0.543. The van der Waals surface area contributed by atoms with Gasteiger partial charge in [-0.15, -0.1) is 0 Å². The van der Waals surface area contributed by atoms with Crippen molar-refractivity contribution in [3.05, 3.63) is 62.0 Å². The Morgan fingerprint density at radius 3 is 2.48 bits per heavy atom. The number of nitro groups is 2. The second-order valence-corrected chi connectivity index (χ2v) is 4.91. The molecule has 0 amide bonds. The second kappa shape index (κ2) is 6.09. The predicted molar refractivity (Wildman–Crippen MR) is 75.9 cm³/mol. The van der Waals surface area contributed by atoms with E-state index in [1.807, 2.05) is 0 Å². The van der Waals surface area contributed by atoms with Crippen molar-refractivity contribution in [2.45, 2.75) is 6.92 Å². The van der Waals surface area contributed by atoms with Crippen LogP contribution >= 0.6 is 11.3 Å². The Balaban J connectivity index is 2.10. The smallest absolute Gasteiger partial charge is 0.347 e. The highest BCUT2D eigenvalue weighted by Crippen LogP contribution is 2.30. The summed E-state index contributed by atoms with van der Waals surface area (Å²) in [5.74, 6) is 0.440. The van der Waals surface area contributed by atoms with E-state index in [-0.39, 0.29) is 15.9 Å². The lowest BCUT2D eigenvalue weighted by Gasteiger charge is -2.01. The van der Waals surface area contributed by atoms with Gasteiger partial charge >= 0.3 is 5.00 Å². The van der Waals surface area contributed by atoms with Crippen LogP contribution in [0.4, 0.5) is 5.00 Å². The van der Waals surface area contributed by atoms with Gasteiger partial charge in [-0.2, -0.15) is 0 Å². The van der Waals surface area contributed by atoms with E-state index in [1.165, 1.54) is 13.0 Å². The van der Waals surface area contributed by atoms with Crippen LogP contribution in [0.5, 0.6) is 10.9 Å². The molecular weight excluding hydrogens is 298 g/mol. The second-order valence-electron chi connectivity index (χ2n) is 3.94. The fraction of sp³-hybridized carbons (Fsp3) is 0.0833. The van der Waals surface area contributed by atoms with Crippen LogP contribution in [0, 0.1) is 20.2 Å². The number of rotatable bonds is 5. The van der Waals surface area contributed by atoms with Gasteiger partial charge in [0.1, 0.15) is 11.9 Å². The number of hydrogen-bond donors (Lipinski definition) is 0.